The molecule has 2 heterocycles. The van der Waals surface area contributed by atoms with Crippen molar-refractivity contribution < 1.29 is 14.3 Å². The van der Waals surface area contributed by atoms with E-state index in [1.165, 1.54) is 12.3 Å². The predicted octanol–water partition coefficient (Wildman–Crippen LogP) is 5.23. The number of methoxy groups -OCH3 is 1. The molecule has 0 bridgehead atoms. The first-order chi connectivity index (χ1) is 18.9. The molecular weight excluding hydrogens is 492 g/mol. The van der Waals surface area contributed by atoms with Crippen LogP contribution in [0.2, 0.25) is 0 Å². The number of aryl methyl sites for hydroxylation is 1. The van der Waals surface area contributed by atoms with Crippen LogP contribution in [-0.4, -0.2) is 28.5 Å². The summed E-state index contributed by atoms with van der Waals surface area (Å²) < 4.78 is 7.60. The SMILES string of the molecule is C=CC(=O)Nc1ccc(-c2c(-c3ccc(NC(=O)C4CCC4)c(OC)c3)c3c(N)ncc(C#N)c3n2C)cc1. The average molecular weight is 521 g/mol. The van der Waals surface area contributed by atoms with Crippen molar-refractivity contribution in [2.45, 2.75) is 19.3 Å². The number of aromatic nitrogens is 2. The lowest BCUT2D eigenvalue weighted by molar-refractivity contribution is -0.122. The topological polar surface area (TPSA) is 135 Å². The van der Waals surface area contributed by atoms with Crippen molar-refractivity contribution >= 4 is 39.9 Å². The Kier molecular flexibility index (Phi) is 6.77. The number of hydrogen-bond donors (Lipinski definition) is 3. The zero-order chi connectivity index (χ0) is 27.7. The fraction of sp³-hybridized carbons (Fsp3) is 0.200. The highest BCUT2D eigenvalue weighted by Gasteiger charge is 2.27. The van der Waals surface area contributed by atoms with Gasteiger partial charge in [0.1, 0.15) is 17.6 Å². The van der Waals surface area contributed by atoms with Gasteiger partial charge in [0.2, 0.25) is 11.8 Å². The van der Waals surface area contributed by atoms with Gasteiger partial charge in [-0.1, -0.05) is 31.2 Å². The quantitative estimate of drug-likeness (QED) is 0.286. The number of hydrogen-bond acceptors (Lipinski definition) is 6. The van der Waals surface area contributed by atoms with Crippen molar-refractivity contribution in [1.29, 1.82) is 5.26 Å². The molecule has 2 amide bonds. The smallest absolute Gasteiger partial charge is 0.247 e. The molecule has 1 aliphatic rings. The lowest BCUT2D eigenvalue weighted by Gasteiger charge is -2.24. The molecule has 0 radical (unpaired) electrons. The van der Waals surface area contributed by atoms with Gasteiger partial charge in [0.05, 0.1) is 35.0 Å². The maximum absolute atomic E-state index is 12.6. The van der Waals surface area contributed by atoms with Crippen LogP contribution in [-0.2, 0) is 16.6 Å². The number of rotatable bonds is 7. The fourth-order valence-corrected chi connectivity index (χ4v) is 4.97. The highest BCUT2D eigenvalue weighted by molar-refractivity contribution is 6.11. The van der Waals surface area contributed by atoms with E-state index in [1.807, 2.05) is 41.9 Å². The largest absolute Gasteiger partial charge is 0.495 e. The number of nitrogens with one attached hydrogen (secondary N) is 2. The number of nitrogens with two attached hydrogens (primary N) is 1. The molecule has 196 valence electrons. The molecule has 1 fully saturated rings. The van der Waals surface area contributed by atoms with Crippen LogP contribution in [0.3, 0.4) is 0 Å². The lowest BCUT2D eigenvalue weighted by Crippen LogP contribution is -2.28. The number of carbonyl (C=O) groups excluding carboxylic acids is 2. The molecule has 1 saturated carbocycles. The van der Waals surface area contributed by atoms with Crippen LogP contribution >= 0.6 is 0 Å². The molecule has 9 heteroatoms. The summed E-state index contributed by atoms with van der Waals surface area (Å²) in [4.78, 5) is 28.7. The minimum absolute atomic E-state index is 0.00566. The number of pyridine rings is 1. The summed E-state index contributed by atoms with van der Waals surface area (Å²) in [5, 5.41) is 16.2. The molecule has 2 aromatic carbocycles. The van der Waals surface area contributed by atoms with E-state index in [2.05, 4.69) is 28.3 Å². The van der Waals surface area contributed by atoms with Gasteiger partial charge in [-0.3, -0.25) is 9.59 Å². The lowest BCUT2D eigenvalue weighted by atomic mass is 9.85. The first-order valence-corrected chi connectivity index (χ1v) is 12.6. The summed E-state index contributed by atoms with van der Waals surface area (Å²) >= 11 is 0. The molecule has 0 atom stereocenters. The second-order valence-electron chi connectivity index (χ2n) is 9.48. The van der Waals surface area contributed by atoms with Gasteiger partial charge < -0.3 is 25.7 Å². The van der Waals surface area contributed by atoms with Crippen molar-refractivity contribution in [1.82, 2.24) is 9.55 Å². The van der Waals surface area contributed by atoms with Crippen molar-refractivity contribution in [2.24, 2.45) is 13.0 Å². The van der Waals surface area contributed by atoms with Gasteiger partial charge >= 0.3 is 0 Å². The summed E-state index contributed by atoms with van der Waals surface area (Å²) in [5.74, 6) is 0.523. The van der Waals surface area contributed by atoms with E-state index < -0.39 is 0 Å². The van der Waals surface area contributed by atoms with Crippen LogP contribution in [0.5, 0.6) is 5.75 Å². The van der Waals surface area contributed by atoms with Gasteiger partial charge in [-0.05, 0) is 54.3 Å². The zero-order valence-electron chi connectivity index (χ0n) is 21.7. The normalized spacial score (nSPS) is 12.8. The summed E-state index contributed by atoms with van der Waals surface area (Å²) in [6.45, 7) is 3.49. The van der Waals surface area contributed by atoms with Gasteiger partial charge in [0.15, 0.2) is 0 Å². The van der Waals surface area contributed by atoms with Crippen LogP contribution in [0.25, 0.3) is 33.3 Å². The van der Waals surface area contributed by atoms with E-state index in [0.717, 1.165) is 41.6 Å². The Labute approximate surface area is 225 Å². The molecule has 9 nitrogen and oxygen atoms in total. The Morgan fingerprint density at radius 2 is 1.90 bits per heavy atom. The third-order valence-corrected chi connectivity index (χ3v) is 7.19. The van der Waals surface area contributed by atoms with Crippen molar-refractivity contribution in [2.75, 3.05) is 23.5 Å². The maximum atomic E-state index is 12.6. The third-order valence-electron chi connectivity index (χ3n) is 7.19. The van der Waals surface area contributed by atoms with Crippen molar-refractivity contribution in [3.05, 3.63) is 66.9 Å². The monoisotopic (exact) mass is 520 g/mol. The zero-order valence-corrected chi connectivity index (χ0v) is 21.7. The van der Waals surface area contributed by atoms with Crippen LogP contribution in [0.1, 0.15) is 24.8 Å². The second-order valence-corrected chi connectivity index (χ2v) is 9.48. The van der Waals surface area contributed by atoms with E-state index in [9.17, 15) is 14.9 Å². The molecule has 2 aromatic heterocycles. The first kappa shape index (κ1) is 25.5. The number of benzene rings is 2. The molecule has 0 aliphatic heterocycles. The average Bonchev–Trinajstić information content (AvgIpc) is 3.22. The number of nitrogens with zero attached hydrogens (tertiary/aromatic N) is 3. The first-order valence-electron chi connectivity index (χ1n) is 12.6. The molecule has 4 aromatic rings. The van der Waals surface area contributed by atoms with Crippen LogP contribution in [0.15, 0.2) is 61.3 Å². The molecular formula is C30H28N6O3. The molecule has 1 aliphatic carbocycles. The highest BCUT2D eigenvalue weighted by Crippen LogP contribution is 2.45. The van der Waals surface area contributed by atoms with E-state index in [1.54, 1.807) is 19.2 Å². The molecule has 4 N–H and O–H groups in total. The van der Waals surface area contributed by atoms with Crippen molar-refractivity contribution in [3.8, 4) is 34.2 Å². The van der Waals surface area contributed by atoms with Gasteiger partial charge in [0.25, 0.3) is 0 Å². The Morgan fingerprint density at radius 1 is 1.18 bits per heavy atom. The van der Waals surface area contributed by atoms with Crippen LogP contribution in [0.4, 0.5) is 17.2 Å². The van der Waals surface area contributed by atoms with Gasteiger partial charge in [-0.15, -0.1) is 0 Å². The Hall–Kier alpha value is -5.10. The van der Waals surface area contributed by atoms with Gasteiger partial charge in [0, 0.05) is 30.4 Å². The Morgan fingerprint density at radius 3 is 2.51 bits per heavy atom. The summed E-state index contributed by atoms with van der Waals surface area (Å²) in [6.07, 6.45) is 5.55. The maximum Gasteiger partial charge on any atom is 0.247 e. The second kappa shape index (κ2) is 10.3. The minimum atomic E-state index is -0.304. The van der Waals surface area contributed by atoms with Crippen LogP contribution in [0, 0.1) is 17.2 Å². The molecule has 0 spiro atoms. The Bertz CT molecular complexity index is 1660. The van der Waals surface area contributed by atoms with Gasteiger partial charge in [-0.2, -0.15) is 5.26 Å². The Balaban J connectivity index is 1.68. The fourth-order valence-electron chi connectivity index (χ4n) is 4.97. The predicted molar refractivity (Wildman–Crippen MR) is 152 cm³/mol. The molecule has 39 heavy (non-hydrogen) atoms. The highest BCUT2D eigenvalue weighted by atomic mass is 16.5. The number of ether oxygens (including phenoxy) is 1. The van der Waals surface area contributed by atoms with E-state index in [4.69, 9.17) is 10.5 Å². The van der Waals surface area contributed by atoms with Crippen LogP contribution < -0.4 is 21.1 Å². The van der Waals surface area contributed by atoms with Gasteiger partial charge in [-0.25, -0.2) is 4.98 Å². The van der Waals surface area contributed by atoms with Crippen molar-refractivity contribution in [3.63, 3.8) is 0 Å². The third kappa shape index (κ3) is 4.57. The summed E-state index contributed by atoms with van der Waals surface area (Å²) in [7, 11) is 3.43. The number of amides is 2. The number of nitrogen functional groups attached to an aromatic ring is 1. The number of nitriles is 1. The number of carbonyl (C=O) groups is 2. The van der Waals surface area contributed by atoms with E-state index >= 15 is 0 Å². The molecule has 0 unspecified atom stereocenters. The molecule has 0 saturated heterocycles. The molecule has 5 rings (SSSR count). The number of anilines is 3. The van der Waals surface area contributed by atoms with E-state index in [0.29, 0.717) is 33.6 Å². The standard InChI is InChI=1S/C30H28N6O3/c1-4-24(37)34-21-11-8-17(9-12-21)27-25(26-28(36(27)2)20(15-31)16-33-29(26)32)19-10-13-22(23(14-19)39-3)35-30(38)18-6-5-7-18/h4,8-14,16,18H,1,5-7H2,2-3H3,(H2,32,33)(H,34,37)(H,35,38). The number of fused-ring (bicyclic) bond motifs is 1. The minimum Gasteiger partial charge on any atom is -0.495 e. The summed E-state index contributed by atoms with van der Waals surface area (Å²) in [5.41, 5.74) is 11.9. The van der Waals surface area contributed by atoms with E-state index in [-0.39, 0.29) is 23.6 Å². The summed E-state index contributed by atoms with van der Waals surface area (Å²) in [6, 6.07) is 15.2.